The Morgan fingerprint density at radius 3 is 2.68 bits per heavy atom. The second-order valence-electron chi connectivity index (χ2n) is 4.82. The van der Waals surface area contributed by atoms with Crippen LogP contribution in [0.2, 0.25) is 0 Å². The van der Waals surface area contributed by atoms with Crippen LogP contribution in [-0.2, 0) is 16.0 Å². The summed E-state index contributed by atoms with van der Waals surface area (Å²) in [5, 5.41) is 9.39. The van der Waals surface area contributed by atoms with Gasteiger partial charge in [-0.1, -0.05) is 24.3 Å². The summed E-state index contributed by atoms with van der Waals surface area (Å²) in [6.45, 7) is 3.84. The van der Waals surface area contributed by atoms with Crippen molar-refractivity contribution >= 4 is 12.1 Å². The molecule has 1 aliphatic rings. The molecule has 0 aliphatic carbocycles. The average Bonchev–Trinajstić information content (AvgIpc) is 2.36. The summed E-state index contributed by atoms with van der Waals surface area (Å²) in [7, 11) is 0. The van der Waals surface area contributed by atoms with E-state index < -0.39 is 18.1 Å². The summed E-state index contributed by atoms with van der Waals surface area (Å²) >= 11 is 0. The number of benzene rings is 1. The Labute approximate surface area is 111 Å². The highest BCUT2D eigenvalue weighted by atomic mass is 16.6. The highest BCUT2D eigenvalue weighted by Gasteiger charge is 2.36. The van der Waals surface area contributed by atoms with Gasteiger partial charge < -0.3 is 9.84 Å². The fourth-order valence-electron chi connectivity index (χ4n) is 2.30. The first-order valence-electron chi connectivity index (χ1n) is 6.28. The van der Waals surface area contributed by atoms with Crippen molar-refractivity contribution in [3.8, 4) is 0 Å². The summed E-state index contributed by atoms with van der Waals surface area (Å²) in [4.78, 5) is 24.7. The quantitative estimate of drug-likeness (QED) is 0.888. The molecule has 102 valence electrons. The van der Waals surface area contributed by atoms with Gasteiger partial charge in [0, 0.05) is 6.54 Å². The molecular formula is C14H17NO4. The van der Waals surface area contributed by atoms with Crippen molar-refractivity contribution in [3.05, 3.63) is 35.4 Å². The molecule has 1 aromatic rings. The zero-order valence-corrected chi connectivity index (χ0v) is 11.0. The van der Waals surface area contributed by atoms with Gasteiger partial charge in [0.2, 0.25) is 0 Å². The van der Waals surface area contributed by atoms with Crippen LogP contribution in [0.4, 0.5) is 4.79 Å². The molecule has 0 fully saturated rings. The number of amides is 1. The van der Waals surface area contributed by atoms with E-state index in [9.17, 15) is 14.7 Å². The van der Waals surface area contributed by atoms with E-state index in [1.54, 1.807) is 26.0 Å². The van der Waals surface area contributed by atoms with Crippen LogP contribution in [0.5, 0.6) is 0 Å². The van der Waals surface area contributed by atoms with E-state index in [1.165, 1.54) is 4.90 Å². The van der Waals surface area contributed by atoms with Crippen molar-refractivity contribution in [2.45, 2.75) is 32.4 Å². The van der Waals surface area contributed by atoms with E-state index in [0.717, 1.165) is 5.56 Å². The molecule has 1 aromatic carbocycles. The molecule has 2 rings (SSSR count). The average molecular weight is 263 g/mol. The molecule has 5 nitrogen and oxygen atoms in total. The van der Waals surface area contributed by atoms with E-state index in [0.29, 0.717) is 18.5 Å². The Morgan fingerprint density at radius 2 is 2.05 bits per heavy atom. The Morgan fingerprint density at radius 1 is 1.37 bits per heavy atom. The number of ether oxygens (including phenoxy) is 1. The second-order valence-corrected chi connectivity index (χ2v) is 4.82. The smallest absolute Gasteiger partial charge is 0.411 e. The highest BCUT2D eigenvalue weighted by Crippen LogP contribution is 2.30. The minimum atomic E-state index is -1.03. The van der Waals surface area contributed by atoms with Crippen LogP contribution in [0.1, 0.15) is 31.0 Å². The number of aliphatic carboxylic acids is 1. The van der Waals surface area contributed by atoms with Gasteiger partial charge >= 0.3 is 12.1 Å². The molecule has 1 amide bonds. The number of hydrogen-bond donors (Lipinski definition) is 1. The lowest BCUT2D eigenvalue weighted by Gasteiger charge is -2.34. The van der Waals surface area contributed by atoms with E-state index >= 15 is 0 Å². The van der Waals surface area contributed by atoms with Crippen molar-refractivity contribution in [2.75, 3.05) is 6.54 Å². The van der Waals surface area contributed by atoms with Crippen LogP contribution < -0.4 is 0 Å². The molecular weight excluding hydrogens is 246 g/mol. The van der Waals surface area contributed by atoms with Crippen LogP contribution in [0.3, 0.4) is 0 Å². The van der Waals surface area contributed by atoms with Gasteiger partial charge in [0.05, 0.1) is 6.10 Å². The molecule has 1 N–H and O–H groups in total. The number of fused-ring (bicyclic) bond motifs is 1. The van der Waals surface area contributed by atoms with Gasteiger partial charge in [0.25, 0.3) is 0 Å². The van der Waals surface area contributed by atoms with Gasteiger partial charge in [-0.15, -0.1) is 0 Å². The van der Waals surface area contributed by atoms with Crippen LogP contribution >= 0.6 is 0 Å². The SMILES string of the molecule is CC(C)OC(=O)N1CCc2ccccc2C1C(=O)O. The first-order chi connectivity index (χ1) is 9.00. The van der Waals surface area contributed by atoms with Crippen LogP contribution in [0.25, 0.3) is 0 Å². The number of rotatable bonds is 2. The lowest BCUT2D eigenvalue weighted by molar-refractivity contribution is -0.143. The predicted octanol–water partition coefficient (Wildman–Crippen LogP) is 2.22. The molecule has 19 heavy (non-hydrogen) atoms. The second kappa shape index (κ2) is 5.30. The summed E-state index contributed by atoms with van der Waals surface area (Å²) in [5.41, 5.74) is 1.64. The molecule has 1 atom stereocenters. The third kappa shape index (κ3) is 2.70. The molecule has 1 aliphatic heterocycles. The third-order valence-corrected chi connectivity index (χ3v) is 3.09. The molecule has 0 saturated carbocycles. The van der Waals surface area contributed by atoms with E-state index in [2.05, 4.69) is 0 Å². The fourth-order valence-corrected chi connectivity index (χ4v) is 2.30. The van der Waals surface area contributed by atoms with Gasteiger partial charge in [-0.25, -0.2) is 9.59 Å². The Balaban J connectivity index is 2.32. The van der Waals surface area contributed by atoms with E-state index in [4.69, 9.17) is 4.74 Å². The summed E-state index contributed by atoms with van der Waals surface area (Å²) in [5.74, 6) is -1.03. The largest absolute Gasteiger partial charge is 0.479 e. The molecule has 0 saturated heterocycles. The maximum absolute atomic E-state index is 12.0. The van der Waals surface area contributed by atoms with Gasteiger partial charge in [-0.3, -0.25) is 4.90 Å². The maximum Gasteiger partial charge on any atom is 0.411 e. The van der Waals surface area contributed by atoms with Crippen LogP contribution in [-0.4, -0.2) is 34.7 Å². The third-order valence-electron chi connectivity index (χ3n) is 3.09. The number of carboxylic acids is 1. The van der Waals surface area contributed by atoms with Crippen LogP contribution in [0, 0.1) is 0 Å². The zero-order chi connectivity index (χ0) is 14.0. The molecule has 0 aromatic heterocycles. The van der Waals surface area contributed by atoms with Gasteiger partial charge in [0.15, 0.2) is 6.04 Å². The number of carbonyl (C=O) groups excluding carboxylic acids is 1. The Kier molecular flexibility index (Phi) is 3.74. The van der Waals surface area contributed by atoms with Crippen LogP contribution in [0.15, 0.2) is 24.3 Å². The van der Waals surface area contributed by atoms with Gasteiger partial charge in [-0.2, -0.15) is 0 Å². The number of nitrogens with zero attached hydrogens (tertiary/aromatic N) is 1. The van der Waals surface area contributed by atoms with Crippen molar-refractivity contribution in [1.82, 2.24) is 4.90 Å². The monoisotopic (exact) mass is 263 g/mol. The fraction of sp³-hybridized carbons (Fsp3) is 0.429. The first kappa shape index (κ1) is 13.4. The minimum Gasteiger partial charge on any atom is -0.479 e. The predicted molar refractivity (Wildman–Crippen MR) is 68.8 cm³/mol. The Bertz CT molecular complexity index is 498. The molecule has 1 unspecified atom stereocenters. The molecule has 0 bridgehead atoms. The lowest BCUT2D eigenvalue weighted by Crippen LogP contribution is -2.44. The molecule has 0 spiro atoms. The normalized spacial score (nSPS) is 18.1. The van der Waals surface area contributed by atoms with Crippen molar-refractivity contribution in [1.29, 1.82) is 0 Å². The highest BCUT2D eigenvalue weighted by molar-refractivity contribution is 5.82. The first-order valence-corrected chi connectivity index (χ1v) is 6.28. The standard InChI is InChI=1S/C14H17NO4/c1-9(2)19-14(18)15-8-7-10-5-3-4-6-11(10)12(15)13(16)17/h3-6,9,12H,7-8H2,1-2H3,(H,16,17). The van der Waals surface area contributed by atoms with E-state index in [-0.39, 0.29) is 6.10 Å². The minimum absolute atomic E-state index is 0.265. The van der Waals surface area contributed by atoms with Crippen molar-refractivity contribution in [2.24, 2.45) is 0 Å². The molecule has 1 heterocycles. The van der Waals surface area contributed by atoms with Gasteiger partial charge in [-0.05, 0) is 31.4 Å². The summed E-state index contributed by atoms with van der Waals surface area (Å²) < 4.78 is 5.11. The topological polar surface area (TPSA) is 66.8 Å². The molecule has 5 heteroatoms. The summed E-state index contributed by atoms with van der Waals surface area (Å²) in [6.07, 6.45) is -0.191. The maximum atomic E-state index is 12.0. The van der Waals surface area contributed by atoms with Crippen molar-refractivity contribution < 1.29 is 19.4 Å². The summed E-state index contributed by atoms with van der Waals surface area (Å²) in [6, 6.07) is 6.35. The van der Waals surface area contributed by atoms with Gasteiger partial charge in [0.1, 0.15) is 0 Å². The number of carbonyl (C=O) groups is 2. The number of carboxylic acid groups (broad SMARTS) is 1. The lowest BCUT2D eigenvalue weighted by atomic mass is 9.93. The zero-order valence-electron chi connectivity index (χ0n) is 11.0. The molecule has 0 radical (unpaired) electrons. The van der Waals surface area contributed by atoms with E-state index in [1.807, 2.05) is 12.1 Å². The Hall–Kier alpha value is -2.04. The van der Waals surface area contributed by atoms with Crippen molar-refractivity contribution in [3.63, 3.8) is 0 Å². The number of hydrogen-bond acceptors (Lipinski definition) is 3.